The van der Waals surface area contributed by atoms with Crippen molar-refractivity contribution in [2.24, 2.45) is 5.84 Å². The maximum atomic E-state index is 13.9. The Balaban J connectivity index is 2.47. The van der Waals surface area contributed by atoms with E-state index in [1.807, 2.05) is 0 Å². The van der Waals surface area contributed by atoms with Crippen LogP contribution in [0.25, 0.3) is 0 Å². The molecule has 7 heteroatoms. The number of aromatic nitrogens is 1. The van der Waals surface area contributed by atoms with Gasteiger partial charge in [-0.3, -0.25) is 10.8 Å². The van der Waals surface area contributed by atoms with Gasteiger partial charge in [-0.05, 0) is 18.6 Å². The fourth-order valence-electron chi connectivity index (χ4n) is 2.01. The molecule has 3 N–H and O–H groups in total. The van der Waals surface area contributed by atoms with Gasteiger partial charge in [0, 0.05) is 23.9 Å². The average Bonchev–Trinajstić information content (AvgIpc) is 2.43. The third kappa shape index (κ3) is 3.32. The van der Waals surface area contributed by atoms with Crippen molar-refractivity contribution in [1.82, 2.24) is 10.4 Å². The van der Waals surface area contributed by atoms with Crippen LogP contribution in [0.3, 0.4) is 0 Å². The molecule has 0 bridgehead atoms. The molecule has 112 valence electrons. The van der Waals surface area contributed by atoms with Gasteiger partial charge in [0.15, 0.2) is 0 Å². The Kier molecular flexibility index (Phi) is 4.77. The number of rotatable bonds is 5. The van der Waals surface area contributed by atoms with E-state index in [4.69, 9.17) is 10.6 Å². The summed E-state index contributed by atoms with van der Waals surface area (Å²) in [6, 6.07) is 1.74. The highest BCUT2D eigenvalue weighted by Gasteiger charge is 2.23. The van der Waals surface area contributed by atoms with E-state index >= 15 is 0 Å². The summed E-state index contributed by atoms with van der Waals surface area (Å²) in [5.74, 6) is 2.78. The van der Waals surface area contributed by atoms with E-state index in [1.54, 1.807) is 13.0 Å². The minimum absolute atomic E-state index is 0.380. The molecule has 4 nitrogen and oxygen atoms in total. The predicted octanol–water partition coefficient (Wildman–Crippen LogP) is 2.45. The van der Waals surface area contributed by atoms with Gasteiger partial charge in [0.25, 0.3) is 0 Å². The molecule has 0 fully saturated rings. The Bertz CT molecular complexity index is 614. The minimum Gasteiger partial charge on any atom is -0.492 e. The van der Waals surface area contributed by atoms with Gasteiger partial charge in [-0.25, -0.2) is 18.6 Å². The second-order valence-corrected chi connectivity index (χ2v) is 4.27. The largest absolute Gasteiger partial charge is 0.492 e. The molecule has 1 atom stereocenters. The van der Waals surface area contributed by atoms with E-state index in [9.17, 15) is 13.2 Å². The van der Waals surface area contributed by atoms with Crippen LogP contribution in [0.2, 0.25) is 0 Å². The molecule has 0 aliphatic carbocycles. The standard InChI is InChI=1S/C14H14F3N3O/c1-2-21-10-3-8(6-19-7-10)14(20-18)13-11(16)4-9(15)5-12(13)17/h3-7,14,20H,2,18H2,1H3. The molecule has 0 saturated heterocycles. The van der Waals surface area contributed by atoms with Crippen LogP contribution in [0.1, 0.15) is 24.1 Å². The summed E-state index contributed by atoms with van der Waals surface area (Å²) in [6.07, 6.45) is 2.87. The Hall–Kier alpha value is -2.12. The van der Waals surface area contributed by atoms with Crippen LogP contribution in [-0.2, 0) is 0 Å². The summed E-state index contributed by atoms with van der Waals surface area (Å²) in [5, 5.41) is 0. The van der Waals surface area contributed by atoms with Crippen LogP contribution < -0.4 is 16.0 Å². The number of benzene rings is 1. The SMILES string of the molecule is CCOc1cncc(C(NN)c2c(F)cc(F)cc2F)c1. The highest BCUT2D eigenvalue weighted by Crippen LogP contribution is 2.28. The molecule has 0 radical (unpaired) electrons. The molecule has 0 aliphatic rings. The molecule has 0 amide bonds. The van der Waals surface area contributed by atoms with Gasteiger partial charge in [0.2, 0.25) is 0 Å². The molecular formula is C14H14F3N3O. The minimum atomic E-state index is -1.03. The van der Waals surface area contributed by atoms with Gasteiger partial charge >= 0.3 is 0 Å². The number of hydrogen-bond acceptors (Lipinski definition) is 4. The number of halogens is 3. The molecule has 0 aliphatic heterocycles. The first-order chi connectivity index (χ1) is 10.1. The van der Waals surface area contributed by atoms with Crippen LogP contribution in [0.5, 0.6) is 5.75 Å². The Morgan fingerprint density at radius 3 is 2.43 bits per heavy atom. The summed E-state index contributed by atoms with van der Waals surface area (Å²) in [4.78, 5) is 3.93. The summed E-state index contributed by atoms with van der Waals surface area (Å²) in [7, 11) is 0. The van der Waals surface area contributed by atoms with E-state index in [2.05, 4.69) is 10.4 Å². The van der Waals surface area contributed by atoms with E-state index in [-0.39, 0.29) is 5.56 Å². The second kappa shape index (κ2) is 6.55. The maximum Gasteiger partial charge on any atom is 0.137 e. The van der Waals surface area contributed by atoms with E-state index in [1.165, 1.54) is 12.4 Å². The number of nitrogens with two attached hydrogens (primary N) is 1. The lowest BCUT2D eigenvalue weighted by molar-refractivity contribution is 0.338. The van der Waals surface area contributed by atoms with Crippen molar-refractivity contribution in [3.05, 3.63) is 59.2 Å². The number of hydrazine groups is 1. The van der Waals surface area contributed by atoms with Gasteiger partial charge in [-0.2, -0.15) is 0 Å². The molecule has 1 aromatic heterocycles. The Labute approximate surface area is 119 Å². The molecule has 2 aromatic rings. The van der Waals surface area contributed by atoms with Crippen molar-refractivity contribution in [2.45, 2.75) is 13.0 Å². The van der Waals surface area contributed by atoms with Crippen LogP contribution in [0.15, 0.2) is 30.6 Å². The summed E-state index contributed by atoms with van der Waals surface area (Å²) in [5.41, 5.74) is 2.32. The fraction of sp³-hybridized carbons (Fsp3) is 0.214. The van der Waals surface area contributed by atoms with Gasteiger partial charge in [0.05, 0.1) is 18.8 Å². The van der Waals surface area contributed by atoms with Crippen molar-refractivity contribution < 1.29 is 17.9 Å². The van der Waals surface area contributed by atoms with E-state index < -0.39 is 23.5 Å². The molecule has 1 aromatic carbocycles. The normalized spacial score (nSPS) is 12.2. The highest BCUT2D eigenvalue weighted by atomic mass is 19.1. The highest BCUT2D eigenvalue weighted by molar-refractivity contribution is 5.35. The lowest BCUT2D eigenvalue weighted by atomic mass is 9.99. The second-order valence-electron chi connectivity index (χ2n) is 4.27. The first kappa shape index (κ1) is 15.3. The van der Waals surface area contributed by atoms with Gasteiger partial charge < -0.3 is 4.74 Å². The number of pyridine rings is 1. The van der Waals surface area contributed by atoms with E-state index in [0.717, 1.165) is 0 Å². The summed E-state index contributed by atoms with van der Waals surface area (Å²) in [6.45, 7) is 2.22. The molecule has 1 unspecified atom stereocenters. The van der Waals surface area contributed by atoms with Gasteiger partial charge in [-0.1, -0.05) is 0 Å². The van der Waals surface area contributed by atoms with Crippen molar-refractivity contribution >= 4 is 0 Å². The van der Waals surface area contributed by atoms with Crippen molar-refractivity contribution in [3.8, 4) is 5.75 Å². The quantitative estimate of drug-likeness (QED) is 0.657. The lowest BCUT2D eigenvalue weighted by Gasteiger charge is -2.18. The van der Waals surface area contributed by atoms with Crippen LogP contribution >= 0.6 is 0 Å². The van der Waals surface area contributed by atoms with E-state index in [0.29, 0.717) is 30.1 Å². The van der Waals surface area contributed by atoms with Crippen molar-refractivity contribution in [2.75, 3.05) is 6.61 Å². The third-order valence-corrected chi connectivity index (χ3v) is 2.88. The topological polar surface area (TPSA) is 60.2 Å². The number of nitrogens with one attached hydrogen (secondary N) is 1. The molecule has 21 heavy (non-hydrogen) atoms. The molecule has 2 rings (SSSR count). The zero-order chi connectivity index (χ0) is 15.4. The van der Waals surface area contributed by atoms with Gasteiger partial charge in [-0.15, -0.1) is 0 Å². The molecule has 1 heterocycles. The molecule has 0 spiro atoms. The van der Waals surface area contributed by atoms with Gasteiger partial charge in [0.1, 0.15) is 23.2 Å². The first-order valence-corrected chi connectivity index (χ1v) is 6.25. The third-order valence-electron chi connectivity index (χ3n) is 2.88. The monoisotopic (exact) mass is 297 g/mol. The van der Waals surface area contributed by atoms with Crippen LogP contribution in [0, 0.1) is 17.5 Å². The smallest absolute Gasteiger partial charge is 0.137 e. The first-order valence-electron chi connectivity index (χ1n) is 6.25. The zero-order valence-corrected chi connectivity index (χ0v) is 11.2. The summed E-state index contributed by atoms with van der Waals surface area (Å²) >= 11 is 0. The summed E-state index contributed by atoms with van der Waals surface area (Å²) < 4.78 is 46.0. The number of nitrogens with zero attached hydrogens (tertiary/aromatic N) is 1. The van der Waals surface area contributed by atoms with Crippen molar-refractivity contribution in [1.29, 1.82) is 0 Å². The molecule has 0 saturated carbocycles. The number of ether oxygens (including phenoxy) is 1. The van der Waals surface area contributed by atoms with Crippen LogP contribution in [0.4, 0.5) is 13.2 Å². The zero-order valence-electron chi connectivity index (χ0n) is 11.2. The molecular weight excluding hydrogens is 283 g/mol. The number of hydrogen-bond donors (Lipinski definition) is 2. The maximum absolute atomic E-state index is 13.9. The lowest BCUT2D eigenvalue weighted by Crippen LogP contribution is -2.30. The fourth-order valence-corrected chi connectivity index (χ4v) is 2.01. The predicted molar refractivity (Wildman–Crippen MR) is 70.9 cm³/mol. The average molecular weight is 297 g/mol. The Morgan fingerprint density at radius 2 is 1.86 bits per heavy atom. The van der Waals surface area contributed by atoms with Crippen LogP contribution in [-0.4, -0.2) is 11.6 Å². The van der Waals surface area contributed by atoms with Crippen molar-refractivity contribution in [3.63, 3.8) is 0 Å². The Morgan fingerprint density at radius 1 is 1.19 bits per heavy atom.